The van der Waals surface area contributed by atoms with Crippen molar-refractivity contribution >= 4 is 5.97 Å². The Morgan fingerprint density at radius 1 is 1.00 bits per heavy atom. The predicted octanol–water partition coefficient (Wildman–Crippen LogP) is 4.00. The third kappa shape index (κ3) is 4.53. The molecule has 30 heavy (non-hydrogen) atoms. The molecule has 0 aliphatic heterocycles. The number of hydrogen-bond acceptors (Lipinski definition) is 8. The first-order valence-corrected chi connectivity index (χ1v) is 9.45. The number of methoxy groups -OCH3 is 3. The van der Waals surface area contributed by atoms with E-state index in [9.17, 15) is 4.79 Å². The van der Waals surface area contributed by atoms with Gasteiger partial charge < -0.3 is 23.4 Å². The molecule has 0 saturated heterocycles. The van der Waals surface area contributed by atoms with E-state index in [4.69, 9.17) is 23.4 Å². The molecule has 3 aromatic rings. The van der Waals surface area contributed by atoms with Crippen LogP contribution in [-0.4, -0.2) is 37.5 Å². The molecule has 3 rings (SSSR count). The van der Waals surface area contributed by atoms with Crippen LogP contribution in [0.1, 0.15) is 30.7 Å². The maximum Gasteiger partial charge on any atom is 0.313 e. The van der Waals surface area contributed by atoms with Gasteiger partial charge in [0.05, 0.1) is 27.2 Å². The first-order valence-electron chi connectivity index (χ1n) is 9.45. The number of esters is 1. The van der Waals surface area contributed by atoms with Crippen LogP contribution >= 0.6 is 0 Å². The van der Waals surface area contributed by atoms with E-state index in [1.807, 2.05) is 37.3 Å². The standard InChI is InChI=1S/C22H24N2O6/c1-5-16(14-9-7-6-8-10-14)22(25)29-13-19-23-24-21(30-19)15-11-17(26-2)20(28-4)18(12-15)27-3/h6-12,16H,5,13H2,1-4H3. The summed E-state index contributed by atoms with van der Waals surface area (Å²) in [6, 6.07) is 12.9. The fraction of sp³-hybridized carbons (Fsp3) is 0.318. The molecule has 0 N–H and O–H groups in total. The van der Waals surface area contributed by atoms with E-state index in [1.54, 1.807) is 12.1 Å². The molecule has 0 aliphatic rings. The highest BCUT2D eigenvalue weighted by atomic mass is 16.5. The highest BCUT2D eigenvalue weighted by Gasteiger charge is 2.22. The lowest BCUT2D eigenvalue weighted by Crippen LogP contribution is -2.15. The second-order valence-electron chi connectivity index (χ2n) is 6.39. The summed E-state index contributed by atoms with van der Waals surface area (Å²) < 4.78 is 27.1. The number of benzene rings is 2. The molecule has 8 nitrogen and oxygen atoms in total. The maximum atomic E-state index is 12.5. The van der Waals surface area contributed by atoms with E-state index in [2.05, 4.69) is 10.2 Å². The fourth-order valence-corrected chi connectivity index (χ4v) is 3.09. The number of ether oxygens (including phenoxy) is 4. The van der Waals surface area contributed by atoms with Crippen LogP contribution in [0.2, 0.25) is 0 Å². The number of carbonyl (C=O) groups excluding carboxylic acids is 1. The Morgan fingerprint density at radius 3 is 2.23 bits per heavy atom. The van der Waals surface area contributed by atoms with Crippen molar-refractivity contribution in [3.63, 3.8) is 0 Å². The summed E-state index contributed by atoms with van der Waals surface area (Å²) in [6.45, 7) is 1.83. The molecular formula is C22H24N2O6. The van der Waals surface area contributed by atoms with Gasteiger partial charge in [0.25, 0.3) is 5.89 Å². The van der Waals surface area contributed by atoms with E-state index in [0.29, 0.717) is 29.2 Å². The van der Waals surface area contributed by atoms with Crippen molar-refractivity contribution in [3.8, 4) is 28.7 Å². The maximum absolute atomic E-state index is 12.5. The van der Waals surface area contributed by atoms with Gasteiger partial charge in [0.1, 0.15) is 0 Å². The average molecular weight is 412 g/mol. The van der Waals surface area contributed by atoms with E-state index >= 15 is 0 Å². The lowest BCUT2D eigenvalue weighted by molar-refractivity contribution is -0.147. The summed E-state index contributed by atoms with van der Waals surface area (Å²) in [5.74, 6) is 1.15. The second-order valence-corrected chi connectivity index (χ2v) is 6.39. The quantitative estimate of drug-likeness (QED) is 0.487. The first kappa shape index (κ1) is 21.2. The minimum atomic E-state index is -0.344. The van der Waals surface area contributed by atoms with Crippen LogP contribution in [0.25, 0.3) is 11.5 Å². The van der Waals surface area contributed by atoms with Crippen LogP contribution in [0.4, 0.5) is 0 Å². The normalized spacial score (nSPS) is 11.6. The lowest BCUT2D eigenvalue weighted by atomic mass is 9.97. The van der Waals surface area contributed by atoms with Crippen LogP contribution in [0.15, 0.2) is 46.9 Å². The van der Waals surface area contributed by atoms with E-state index in [0.717, 1.165) is 5.56 Å². The zero-order valence-electron chi connectivity index (χ0n) is 17.4. The minimum Gasteiger partial charge on any atom is -0.493 e. The Hall–Kier alpha value is -3.55. The average Bonchev–Trinajstić information content (AvgIpc) is 3.27. The molecule has 0 bridgehead atoms. The molecule has 0 radical (unpaired) electrons. The summed E-state index contributed by atoms with van der Waals surface area (Å²) in [7, 11) is 4.57. The van der Waals surface area contributed by atoms with Gasteiger partial charge in [-0.2, -0.15) is 0 Å². The molecule has 1 atom stereocenters. The molecule has 0 fully saturated rings. The number of hydrogen-bond donors (Lipinski definition) is 0. The third-order valence-corrected chi connectivity index (χ3v) is 4.61. The van der Waals surface area contributed by atoms with E-state index in [1.165, 1.54) is 21.3 Å². The zero-order chi connectivity index (χ0) is 21.5. The van der Waals surface area contributed by atoms with Crippen molar-refractivity contribution in [1.29, 1.82) is 0 Å². The Labute approximate surface area is 174 Å². The molecule has 0 spiro atoms. The predicted molar refractivity (Wildman–Crippen MR) is 109 cm³/mol. The number of nitrogens with zero attached hydrogens (tertiary/aromatic N) is 2. The molecule has 158 valence electrons. The molecule has 1 heterocycles. The summed E-state index contributed by atoms with van der Waals surface area (Å²) in [5.41, 5.74) is 1.50. The number of rotatable bonds is 9. The van der Waals surface area contributed by atoms with Crippen molar-refractivity contribution in [2.45, 2.75) is 25.9 Å². The van der Waals surface area contributed by atoms with Gasteiger partial charge in [0.2, 0.25) is 11.6 Å². The minimum absolute atomic E-state index is 0.112. The summed E-state index contributed by atoms with van der Waals surface area (Å²) in [5, 5.41) is 8.00. The Morgan fingerprint density at radius 2 is 1.67 bits per heavy atom. The summed E-state index contributed by atoms with van der Waals surface area (Å²) in [6.07, 6.45) is 0.628. The van der Waals surface area contributed by atoms with Gasteiger partial charge in [-0.15, -0.1) is 10.2 Å². The molecule has 8 heteroatoms. The van der Waals surface area contributed by atoms with Gasteiger partial charge in [-0.1, -0.05) is 37.3 Å². The fourth-order valence-electron chi connectivity index (χ4n) is 3.09. The molecule has 0 saturated carbocycles. The van der Waals surface area contributed by atoms with Crippen molar-refractivity contribution < 1.29 is 28.2 Å². The van der Waals surface area contributed by atoms with Crippen molar-refractivity contribution in [3.05, 3.63) is 53.9 Å². The topological polar surface area (TPSA) is 92.9 Å². The van der Waals surface area contributed by atoms with Gasteiger partial charge in [0.15, 0.2) is 18.1 Å². The Balaban J connectivity index is 1.73. The number of carbonyl (C=O) groups is 1. The lowest BCUT2D eigenvalue weighted by Gasteiger charge is -2.13. The summed E-state index contributed by atoms with van der Waals surface area (Å²) in [4.78, 5) is 12.5. The van der Waals surface area contributed by atoms with E-state index < -0.39 is 0 Å². The second kappa shape index (κ2) is 9.78. The SMILES string of the molecule is CCC(C(=O)OCc1nnc(-c2cc(OC)c(OC)c(OC)c2)o1)c1ccccc1. The Bertz CT molecular complexity index is 961. The van der Waals surface area contributed by atoms with Gasteiger partial charge in [0, 0.05) is 5.56 Å². The van der Waals surface area contributed by atoms with Crippen LogP contribution in [0.5, 0.6) is 17.2 Å². The monoisotopic (exact) mass is 412 g/mol. The van der Waals surface area contributed by atoms with Crippen LogP contribution < -0.4 is 14.2 Å². The van der Waals surface area contributed by atoms with Crippen molar-refractivity contribution in [2.24, 2.45) is 0 Å². The molecule has 1 aromatic heterocycles. The molecule has 0 aliphatic carbocycles. The number of aromatic nitrogens is 2. The molecule has 2 aromatic carbocycles. The summed E-state index contributed by atoms with van der Waals surface area (Å²) >= 11 is 0. The van der Waals surface area contributed by atoms with Gasteiger partial charge in [-0.25, -0.2) is 0 Å². The van der Waals surface area contributed by atoms with Gasteiger partial charge >= 0.3 is 5.97 Å². The van der Waals surface area contributed by atoms with Gasteiger partial charge in [-0.05, 0) is 24.1 Å². The third-order valence-electron chi connectivity index (χ3n) is 4.61. The van der Waals surface area contributed by atoms with Crippen molar-refractivity contribution in [1.82, 2.24) is 10.2 Å². The smallest absolute Gasteiger partial charge is 0.313 e. The van der Waals surface area contributed by atoms with E-state index in [-0.39, 0.29) is 30.3 Å². The highest BCUT2D eigenvalue weighted by molar-refractivity contribution is 5.78. The Kier molecular flexibility index (Phi) is 6.90. The van der Waals surface area contributed by atoms with Gasteiger partial charge in [-0.3, -0.25) is 4.79 Å². The van der Waals surface area contributed by atoms with Crippen LogP contribution in [0.3, 0.4) is 0 Å². The molecule has 1 unspecified atom stereocenters. The zero-order valence-corrected chi connectivity index (χ0v) is 17.4. The van der Waals surface area contributed by atoms with Crippen LogP contribution in [0, 0.1) is 0 Å². The first-order chi connectivity index (χ1) is 14.6. The van der Waals surface area contributed by atoms with Crippen molar-refractivity contribution in [2.75, 3.05) is 21.3 Å². The van der Waals surface area contributed by atoms with Crippen LogP contribution in [-0.2, 0) is 16.1 Å². The largest absolute Gasteiger partial charge is 0.493 e. The molecular weight excluding hydrogens is 388 g/mol. The highest BCUT2D eigenvalue weighted by Crippen LogP contribution is 2.40. The molecule has 0 amide bonds.